The van der Waals surface area contributed by atoms with Crippen molar-refractivity contribution in [3.63, 3.8) is 0 Å². The van der Waals surface area contributed by atoms with E-state index in [-0.39, 0.29) is 5.92 Å². The highest BCUT2D eigenvalue weighted by atomic mass is 32.1. The van der Waals surface area contributed by atoms with Gasteiger partial charge in [0.1, 0.15) is 0 Å². The Kier molecular flexibility index (Phi) is 4.93. The van der Waals surface area contributed by atoms with Gasteiger partial charge in [-0.15, -0.1) is 11.3 Å². The number of nitrogens with one attached hydrogen (secondary N) is 1. The summed E-state index contributed by atoms with van der Waals surface area (Å²) < 4.78 is 0. The molecule has 0 saturated heterocycles. The van der Waals surface area contributed by atoms with E-state index in [0.29, 0.717) is 12.0 Å². The topological polar surface area (TPSA) is 62.2 Å². The van der Waals surface area contributed by atoms with Gasteiger partial charge in [0.05, 0.1) is 16.6 Å². The first kappa shape index (κ1) is 14.5. The van der Waals surface area contributed by atoms with E-state index in [1.54, 1.807) is 11.3 Å². The minimum Gasteiger partial charge on any atom is -0.481 e. The molecule has 2 unspecified atom stereocenters. The molecule has 2 rings (SSSR count). The summed E-state index contributed by atoms with van der Waals surface area (Å²) in [6.07, 6.45) is 3.64. The normalized spacial score (nSPS) is 23.7. The average molecular weight is 282 g/mol. The molecule has 5 heteroatoms. The Morgan fingerprint density at radius 2 is 2.37 bits per heavy atom. The van der Waals surface area contributed by atoms with E-state index < -0.39 is 5.97 Å². The standard InChI is InChI=1S/C14H22N2O2S/c1-9(2)13-16-12(8-19-13)7-15-11-5-3-4-10(6-11)14(17)18/h8-11,15H,3-7H2,1-2H3,(H,17,18). The number of carboxylic acids is 1. The number of aromatic nitrogens is 1. The Bertz CT molecular complexity index is 431. The number of aliphatic carboxylic acids is 1. The van der Waals surface area contributed by atoms with Crippen LogP contribution in [0.5, 0.6) is 0 Å². The summed E-state index contributed by atoms with van der Waals surface area (Å²) in [4.78, 5) is 15.6. The zero-order valence-corrected chi connectivity index (χ0v) is 12.4. The zero-order valence-electron chi connectivity index (χ0n) is 11.6. The summed E-state index contributed by atoms with van der Waals surface area (Å²) >= 11 is 1.70. The largest absolute Gasteiger partial charge is 0.481 e. The van der Waals surface area contributed by atoms with Crippen molar-refractivity contribution in [1.82, 2.24) is 10.3 Å². The zero-order chi connectivity index (χ0) is 13.8. The van der Waals surface area contributed by atoms with Crippen molar-refractivity contribution in [1.29, 1.82) is 0 Å². The van der Waals surface area contributed by atoms with Gasteiger partial charge in [-0.3, -0.25) is 4.79 Å². The molecule has 0 bridgehead atoms. The Labute approximate surface area is 118 Å². The lowest BCUT2D eigenvalue weighted by Crippen LogP contribution is -2.36. The van der Waals surface area contributed by atoms with E-state index in [9.17, 15) is 4.79 Å². The van der Waals surface area contributed by atoms with Crippen molar-refractivity contribution >= 4 is 17.3 Å². The van der Waals surface area contributed by atoms with Crippen LogP contribution in [0.4, 0.5) is 0 Å². The maximum atomic E-state index is 11.0. The van der Waals surface area contributed by atoms with Crippen molar-refractivity contribution < 1.29 is 9.90 Å². The van der Waals surface area contributed by atoms with Gasteiger partial charge in [-0.1, -0.05) is 20.3 Å². The van der Waals surface area contributed by atoms with Crippen LogP contribution < -0.4 is 5.32 Å². The van der Waals surface area contributed by atoms with Crippen LogP contribution >= 0.6 is 11.3 Å². The smallest absolute Gasteiger partial charge is 0.306 e. The molecule has 1 aromatic rings. The van der Waals surface area contributed by atoms with E-state index in [4.69, 9.17) is 5.11 Å². The summed E-state index contributed by atoms with van der Waals surface area (Å²) in [5.74, 6) is -0.347. The fourth-order valence-corrected chi connectivity index (χ4v) is 3.35. The van der Waals surface area contributed by atoms with Crippen molar-refractivity contribution in [3.8, 4) is 0 Å². The first-order valence-electron chi connectivity index (χ1n) is 6.96. The minimum absolute atomic E-state index is 0.173. The van der Waals surface area contributed by atoms with Crippen LogP contribution in [-0.4, -0.2) is 22.1 Å². The van der Waals surface area contributed by atoms with E-state index in [0.717, 1.165) is 37.9 Å². The highest BCUT2D eigenvalue weighted by molar-refractivity contribution is 7.09. The molecule has 0 aliphatic heterocycles. The van der Waals surface area contributed by atoms with Crippen LogP contribution in [0.2, 0.25) is 0 Å². The van der Waals surface area contributed by atoms with Gasteiger partial charge in [0.25, 0.3) is 0 Å². The van der Waals surface area contributed by atoms with Crippen molar-refractivity contribution in [2.24, 2.45) is 5.92 Å². The second-order valence-electron chi connectivity index (χ2n) is 5.61. The molecule has 1 aliphatic rings. The Balaban J connectivity index is 1.82. The molecule has 1 aromatic heterocycles. The molecule has 0 amide bonds. The van der Waals surface area contributed by atoms with Crippen LogP contribution in [-0.2, 0) is 11.3 Å². The van der Waals surface area contributed by atoms with Gasteiger partial charge in [0.2, 0.25) is 0 Å². The summed E-state index contributed by atoms with van der Waals surface area (Å²) in [5, 5.41) is 15.8. The van der Waals surface area contributed by atoms with Crippen LogP contribution in [0.1, 0.15) is 56.2 Å². The number of hydrogen-bond acceptors (Lipinski definition) is 4. The third kappa shape index (κ3) is 4.01. The number of hydrogen-bond donors (Lipinski definition) is 2. The third-order valence-electron chi connectivity index (χ3n) is 3.66. The Hall–Kier alpha value is -0.940. The van der Waals surface area contributed by atoms with E-state index in [2.05, 4.69) is 29.5 Å². The molecular weight excluding hydrogens is 260 g/mol. The van der Waals surface area contributed by atoms with E-state index >= 15 is 0 Å². The molecule has 2 atom stereocenters. The van der Waals surface area contributed by atoms with Crippen molar-refractivity contribution in [2.45, 2.75) is 58.0 Å². The monoisotopic (exact) mass is 282 g/mol. The molecule has 0 aromatic carbocycles. The van der Waals surface area contributed by atoms with Gasteiger partial charge < -0.3 is 10.4 Å². The van der Waals surface area contributed by atoms with E-state index in [1.807, 2.05) is 0 Å². The lowest BCUT2D eigenvalue weighted by molar-refractivity contribution is -0.143. The third-order valence-corrected chi connectivity index (χ3v) is 4.85. The minimum atomic E-state index is -0.651. The molecule has 2 N–H and O–H groups in total. The molecule has 1 heterocycles. The first-order chi connectivity index (χ1) is 9.06. The second-order valence-corrected chi connectivity index (χ2v) is 6.50. The number of rotatable bonds is 5. The maximum Gasteiger partial charge on any atom is 0.306 e. The van der Waals surface area contributed by atoms with Crippen LogP contribution in [0, 0.1) is 5.92 Å². The lowest BCUT2D eigenvalue weighted by atomic mass is 9.86. The molecule has 1 fully saturated rings. The number of thiazole rings is 1. The Morgan fingerprint density at radius 1 is 1.58 bits per heavy atom. The molecule has 0 radical (unpaired) electrons. The van der Waals surface area contributed by atoms with E-state index in [1.165, 1.54) is 5.01 Å². The maximum absolute atomic E-state index is 11.0. The summed E-state index contributed by atoms with van der Waals surface area (Å²) in [6.45, 7) is 5.05. The number of carbonyl (C=O) groups is 1. The predicted molar refractivity (Wildman–Crippen MR) is 76.4 cm³/mol. The van der Waals surface area contributed by atoms with Gasteiger partial charge in [0.15, 0.2) is 0 Å². The molecule has 0 spiro atoms. The first-order valence-corrected chi connectivity index (χ1v) is 7.84. The van der Waals surface area contributed by atoms with Crippen molar-refractivity contribution in [2.75, 3.05) is 0 Å². The molecule has 106 valence electrons. The van der Waals surface area contributed by atoms with Crippen LogP contribution in [0.3, 0.4) is 0 Å². The number of carboxylic acid groups (broad SMARTS) is 1. The molecular formula is C14H22N2O2S. The van der Waals surface area contributed by atoms with Gasteiger partial charge in [0, 0.05) is 23.9 Å². The summed E-state index contributed by atoms with van der Waals surface area (Å²) in [5.41, 5.74) is 1.08. The Morgan fingerprint density at radius 3 is 3.00 bits per heavy atom. The fraction of sp³-hybridized carbons (Fsp3) is 0.714. The number of nitrogens with zero attached hydrogens (tertiary/aromatic N) is 1. The van der Waals surface area contributed by atoms with Crippen molar-refractivity contribution in [3.05, 3.63) is 16.1 Å². The average Bonchev–Trinajstić information content (AvgIpc) is 2.85. The highest BCUT2D eigenvalue weighted by Crippen LogP contribution is 2.25. The molecule has 1 aliphatic carbocycles. The summed E-state index contributed by atoms with van der Waals surface area (Å²) in [7, 11) is 0. The molecule has 19 heavy (non-hydrogen) atoms. The predicted octanol–water partition coefficient (Wildman–Crippen LogP) is 3.00. The van der Waals surface area contributed by atoms with Gasteiger partial charge in [-0.25, -0.2) is 4.98 Å². The molecule has 1 saturated carbocycles. The quantitative estimate of drug-likeness (QED) is 0.871. The lowest BCUT2D eigenvalue weighted by Gasteiger charge is -2.27. The van der Waals surface area contributed by atoms with Gasteiger partial charge >= 0.3 is 5.97 Å². The molecule has 4 nitrogen and oxygen atoms in total. The highest BCUT2D eigenvalue weighted by Gasteiger charge is 2.26. The fourth-order valence-electron chi connectivity index (χ4n) is 2.52. The van der Waals surface area contributed by atoms with Crippen LogP contribution in [0.25, 0.3) is 0 Å². The van der Waals surface area contributed by atoms with Gasteiger partial charge in [-0.2, -0.15) is 0 Å². The summed E-state index contributed by atoms with van der Waals surface area (Å²) in [6, 6.07) is 0.319. The van der Waals surface area contributed by atoms with Crippen LogP contribution in [0.15, 0.2) is 5.38 Å². The second kappa shape index (κ2) is 6.48. The SMILES string of the molecule is CC(C)c1nc(CNC2CCCC(C(=O)O)C2)cs1. The van der Waals surface area contributed by atoms with Gasteiger partial charge in [-0.05, 0) is 19.3 Å².